The molecule has 1 unspecified atom stereocenters. The number of nitrogens with one attached hydrogen (secondary N) is 1. The molecule has 2 heterocycles. The van der Waals surface area contributed by atoms with Gasteiger partial charge in [0.1, 0.15) is 11.3 Å². The second-order valence-electron chi connectivity index (χ2n) is 5.84. The number of halogens is 1. The summed E-state index contributed by atoms with van der Waals surface area (Å²) < 4.78 is 13.7. The fourth-order valence-corrected chi connectivity index (χ4v) is 3.01. The van der Waals surface area contributed by atoms with Gasteiger partial charge in [0.05, 0.1) is 17.6 Å². The molecule has 0 spiro atoms. The summed E-state index contributed by atoms with van der Waals surface area (Å²) in [5, 5.41) is 0. The number of aromatic amines is 1. The predicted molar refractivity (Wildman–Crippen MR) is 77.9 cm³/mol. The molecule has 112 valence electrons. The van der Waals surface area contributed by atoms with Crippen LogP contribution in [-0.2, 0) is 11.3 Å². The zero-order chi connectivity index (χ0) is 15.0. The number of benzene rings is 1. The van der Waals surface area contributed by atoms with E-state index in [1.807, 2.05) is 11.8 Å². The van der Waals surface area contributed by atoms with Crippen LogP contribution in [0.25, 0.3) is 11.0 Å². The van der Waals surface area contributed by atoms with Gasteiger partial charge >= 0.3 is 0 Å². The Balaban J connectivity index is 1.89. The maximum Gasteiger partial charge on any atom is 0.237 e. The number of hydrogen-bond donors (Lipinski definition) is 2. The molecule has 1 aliphatic rings. The summed E-state index contributed by atoms with van der Waals surface area (Å²) in [4.78, 5) is 21.3. The zero-order valence-corrected chi connectivity index (χ0v) is 12.0. The number of rotatable bonds is 3. The van der Waals surface area contributed by atoms with Crippen molar-refractivity contribution in [1.29, 1.82) is 0 Å². The van der Waals surface area contributed by atoms with E-state index in [4.69, 9.17) is 5.73 Å². The molecule has 0 bridgehead atoms. The minimum Gasteiger partial charge on any atom is -0.368 e. The maximum absolute atomic E-state index is 13.7. The fraction of sp³-hybridized carbons (Fsp3) is 0.467. The highest BCUT2D eigenvalue weighted by Gasteiger charge is 2.39. The number of aromatic nitrogens is 2. The van der Waals surface area contributed by atoms with Crippen LogP contribution >= 0.6 is 0 Å². The van der Waals surface area contributed by atoms with Gasteiger partial charge in [-0.15, -0.1) is 0 Å². The van der Waals surface area contributed by atoms with Crippen molar-refractivity contribution in [2.24, 2.45) is 5.73 Å². The smallest absolute Gasteiger partial charge is 0.237 e. The predicted octanol–water partition coefficient (Wildman–Crippen LogP) is 1.93. The van der Waals surface area contributed by atoms with Crippen molar-refractivity contribution in [2.45, 2.75) is 38.3 Å². The first-order valence-corrected chi connectivity index (χ1v) is 7.19. The molecule has 2 aromatic rings. The Hall–Kier alpha value is -1.95. The van der Waals surface area contributed by atoms with E-state index in [1.54, 1.807) is 12.1 Å². The quantitative estimate of drug-likeness (QED) is 0.907. The summed E-state index contributed by atoms with van der Waals surface area (Å²) in [5.41, 5.74) is 5.92. The number of carbonyl (C=O) groups is 1. The number of carbonyl (C=O) groups excluding carboxylic acids is 1. The van der Waals surface area contributed by atoms with Crippen LogP contribution in [0.2, 0.25) is 0 Å². The van der Waals surface area contributed by atoms with Gasteiger partial charge in [0.2, 0.25) is 5.91 Å². The van der Waals surface area contributed by atoms with Crippen molar-refractivity contribution in [3.05, 3.63) is 29.8 Å². The van der Waals surface area contributed by atoms with E-state index in [0.717, 1.165) is 25.8 Å². The van der Waals surface area contributed by atoms with Gasteiger partial charge in [0, 0.05) is 0 Å². The summed E-state index contributed by atoms with van der Waals surface area (Å²) in [7, 11) is 0. The van der Waals surface area contributed by atoms with Crippen LogP contribution in [-0.4, -0.2) is 32.9 Å². The third kappa shape index (κ3) is 2.40. The van der Waals surface area contributed by atoms with E-state index >= 15 is 0 Å². The average molecular weight is 290 g/mol. The molecule has 1 aromatic heterocycles. The lowest BCUT2D eigenvalue weighted by atomic mass is 9.88. The molecular weight excluding hydrogens is 271 g/mol. The van der Waals surface area contributed by atoms with Crippen molar-refractivity contribution in [3.63, 3.8) is 0 Å². The van der Waals surface area contributed by atoms with Crippen LogP contribution in [0.1, 0.15) is 32.0 Å². The topological polar surface area (TPSA) is 75.0 Å². The minimum absolute atomic E-state index is 0.315. The number of piperidine rings is 1. The molecule has 21 heavy (non-hydrogen) atoms. The van der Waals surface area contributed by atoms with Gasteiger partial charge in [-0.05, 0) is 44.9 Å². The third-order valence-corrected chi connectivity index (χ3v) is 4.42. The number of nitrogens with zero attached hydrogens (tertiary/aromatic N) is 2. The number of fused-ring (bicyclic) bond motifs is 1. The Morgan fingerprint density at radius 2 is 2.33 bits per heavy atom. The lowest BCUT2D eigenvalue weighted by Gasteiger charge is -2.42. The van der Waals surface area contributed by atoms with Gasteiger partial charge in [-0.1, -0.05) is 6.07 Å². The van der Waals surface area contributed by atoms with E-state index in [9.17, 15) is 9.18 Å². The number of nitrogens with two attached hydrogens (primary N) is 1. The van der Waals surface area contributed by atoms with Crippen LogP contribution in [0.5, 0.6) is 0 Å². The van der Waals surface area contributed by atoms with Crippen molar-refractivity contribution in [1.82, 2.24) is 14.9 Å². The van der Waals surface area contributed by atoms with E-state index in [0.29, 0.717) is 23.4 Å². The first-order valence-electron chi connectivity index (χ1n) is 7.19. The third-order valence-electron chi connectivity index (χ3n) is 4.42. The van der Waals surface area contributed by atoms with Crippen molar-refractivity contribution in [2.75, 3.05) is 6.54 Å². The van der Waals surface area contributed by atoms with Gasteiger partial charge < -0.3 is 10.7 Å². The van der Waals surface area contributed by atoms with Crippen LogP contribution in [0.15, 0.2) is 18.2 Å². The number of imidazole rings is 1. The largest absolute Gasteiger partial charge is 0.368 e. The standard InChI is InChI=1S/C15H19FN4O/c1-15(14(17)21)7-2-3-8-20(15)9-12-18-11-6-4-5-10(16)13(11)19-12/h4-6H,2-3,7-9H2,1H3,(H2,17,21)(H,18,19). The van der Waals surface area contributed by atoms with Gasteiger partial charge in [0.25, 0.3) is 0 Å². The molecule has 6 heteroatoms. The molecule has 0 saturated carbocycles. The number of primary amides is 1. The molecule has 1 atom stereocenters. The van der Waals surface area contributed by atoms with Gasteiger partial charge in [-0.25, -0.2) is 9.37 Å². The first-order chi connectivity index (χ1) is 10.0. The minimum atomic E-state index is -0.657. The van der Waals surface area contributed by atoms with E-state index < -0.39 is 5.54 Å². The summed E-state index contributed by atoms with van der Waals surface area (Å²) in [6.45, 7) is 3.13. The molecule has 0 aliphatic carbocycles. The van der Waals surface area contributed by atoms with E-state index in [2.05, 4.69) is 9.97 Å². The lowest BCUT2D eigenvalue weighted by molar-refractivity contribution is -0.132. The molecule has 1 saturated heterocycles. The van der Waals surface area contributed by atoms with Crippen LogP contribution in [0, 0.1) is 5.82 Å². The molecule has 1 aromatic carbocycles. The SMILES string of the molecule is CC1(C(N)=O)CCCCN1Cc1nc2c(F)cccc2[nH]1. The Morgan fingerprint density at radius 3 is 3.05 bits per heavy atom. The van der Waals surface area contributed by atoms with Crippen molar-refractivity contribution < 1.29 is 9.18 Å². The number of likely N-dealkylation sites (tertiary alicyclic amines) is 1. The second kappa shape index (κ2) is 5.11. The molecule has 0 radical (unpaired) electrons. The highest BCUT2D eigenvalue weighted by atomic mass is 19.1. The Morgan fingerprint density at radius 1 is 1.52 bits per heavy atom. The monoisotopic (exact) mass is 290 g/mol. The molecule has 1 aliphatic heterocycles. The number of para-hydroxylation sites is 1. The average Bonchev–Trinajstić information content (AvgIpc) is 2.85. The number of H-pyrrole nitrogens is 1. The van der Waals surface area contributed by atoms with E-state index in [1.165, 1.54) is 6.07 Å². The Kier molecular flexibility index (Phi) is 3.41. The lowest BCUT2D eigenvalue weighted by Crippen LogP contribution is -2.57. The summed E-state index contributed by atoms with van der Waals surface area (Å²) >= 11 is 0. The molecule has 3 N–H and O–H groups in total. The second-order valence-corrected chi connectivity index (χ2v) is 5.84. The summed E-state index contributed by atoms with van der Waals surface area (Å²) in [5.74, 6) is 0.000254. The van der Waals surface area contributed by atoms with Gasteiger partial charge in [-0.3, -0.25) is 9.69 Å². The molecule has 5 nitrogen and oxygen atoms in total. The van der Waals surface area contributed by atoms with Crippen molar-refractivity contribution in [3.8, 4) is 0 Å². The Bertz CT molecular complexity index is 683. The number of amides is 1. The van der Waals surface area contributed by atoms with Crippen LogP contribution in [0.3, 0.4) is 0 Å². The van der Waals surface area contributed by atoms with Gasteiger partial charge in [-0.2, -0.15) is 0 Å². The highest BCUT2D eigenvalue weighted by Crippen LogP contribution is 2.29. The van der Waals surface area contributed by atoms with Crippen molar-refractivity contribution >= 4 is 16.9 Å². The Labute approximate surface area is 122 Å². The first kappa shape index (κ1) is 14.0. The van der Waals surface area contributed by atoms with Gasteiger partial charge in [0.15, 0.2) is 5.82 Å². The summed E-state index contributed by atoms with van der Waals surface area (Å²) in [6.07, 6.45) is 2.76. The molecular formula is C15H19FN4O. The fourth-order valence-electron chi connectivity index (χ4n) is 3.01. The normalized spacial score (nSPS) is 23.5. The molecule has 3 rings (SSSR count). The molecule has 1 amide bonds. The maximum atomic E-state index is 13.7. The summed E-state index contributed by atoms with van der Waals surface area (Å²) in [6, 6.07) is 4.83. The van der Waals surface area contributed by atoms with Crippen LogP contribution in [0.4, 0.5) is 4.39 Å². The zero-order valence-electron chi connectivity index (χ0n) is 12.0. The molecule has 1 fully saturated rings. The highest BCUT2D eigenvalue weighted by molar-refractivity contribution is 5.84. The number of hydrogen-bond acceptors (Lipinski definition) is 3. The van der Waals surface area contributed by atoms with Crippen LogP contribution < -0.4 is 5.73 Å². The van der Waals surface area contributed by atoms with E-state index in [-0.39, 0.29) is 11.7 Å².